The highest BCUT2D eigenvalue weighted by atomic mass is 35.5. The molecule has 0 saturated heterocycles. The van der Waals surface area contributed by atoms with Crippen molar-refractivity contribution in [2.24, 2.45) is 0 Å². The van der Waals surface area contributed by atoms with Crippen LogP contribution in [0.1, 0.15) is 18.6 Å². The van der Waals surface area contributed by atoms with Crippen LogP contribution in [0.25, 0.3) is 10.9 Å². The van der Waals surface area contributed by atoms with Crippen LogP contribution in [-0.2, 0) is 0 Å². The van der Waals surface area contributed by atoms with Crippen molar-refractivity contribution in [1.82, 2.24) is 9.97 Å². The number of benzene rings is 2. The molecular weight excluding hydrogens is 391 g/mol. The average molecular weight is 409 g/mol. The summed E-state index contributed by atoms with van der Waals surface area (Å²) in [6.07, 6.45) is 1.08. The summed E-state index contributed by atoms with van der Waals surface area (Å²) >= 11 is 6.17. The van der Waals surface area contributed by atoms with E-state index in [0.717, 1.165) is 10.9 Å². The summed E-state index contributed by atoms with van der Waals surface area (Å²) in [5.74, 6) is 0.871. The molecule has 4 aromatic rings. The second-order valence-electron chi connectivity index (χ2n) is 6.55. The van der Waals surface area contributed by atoms with E-state index in [1.54, 1.807) is 19.2 Å². The Kier molecular flexibility index (Phi) is 5.18. The van der Waals surface area contributed by atoms with Gasteiger partial charge in [0, 0.05) is 22.0 Å². The van der Waals surface area contributed by atoms with E-state index < -0.39 is 6.10 Å². The third-order valence-electron chi connectivity index (χ3n) is 4.45. The second-order valence-corrected chi connectivity index (χ2v) is 6.95. The number of pyridine rings is 2. The van der Waals surface area contributed by atoms with Gasteiger partial charge in [-0.1, -0.05) is 29.8 Å². The minimum Gasteiger partial charge on any atom is -0.482 e. The molecule has 0 aliphatic carbocycles. The molecule has 1 atom stereocenters. The normalized spacial score (nSPS) is 12.0. The number of para-hydroxylation sites is 1. The van der Waals surface area contributed by atoms with Gasteiger partial charge in [-0.05, 0) is 43.3 Å². The van der Waals surface area contributed by atoms with E-state index in [2.05, 4.69) is 15.3 Å². The fraction of sp³-hybridized carbons (Fsp3) is 0.0909. The quantitative estimate of drug-likeness (QED) is 0.431. The molecule has 0 radical (unpaired) electrons. The van der Waals surface area contributed by atoms with Gasteiger partial charge in [-0.15, -0.1) is 0 Å². The molecule has 3 N–H and O–H groups in total. The van der Waals surface area contributed by atoms with E-state index in [9.17, 15) is 4.39 Å². The number of nitrogen functional groups attached to an aromatic ring is 1. The number of fused-ring (bicyclic) bond motifs is 1. The minimum absolute atomic E-state index is 0.224. The lowest BCUT2D eigenvalue weighted by Gasteiger charge is -2.18. The molecular formula is C22H18ClFN4O. The number of anilines is 3. The SMILES string of the molecule is CC(Oc1cc(Nc2ccc3ccccc3n2)cnc1N)c1cc(F)ccc1Cl. The second kappa shape index (κ2) is 7.93. The van der Waals surface area contributed by atoms with Crippen LogP contribution in [0.15, 0.2) is 66.9 Å². The Bertz CT molecular complexity index is 1180. The maximum atomic E-state index is 13.6. The van der Waals surface area contributed by atoms with E-state index in [1.807, 2.05) is 36.4 Å². The highest BCUT2D eigenvalue weighted by Gasteiger charge is 2.15. The first kappa shape index (κ1) is 19.0. The van der Waals surface area contributed by atoms with Crippen LogP contribution in [0.2, 0.25) is 5.02 Å². The van der Waals surface area contributed by atoms with Gasteiger partial charge in [0.05, 0.1) is 17.4 Å². The van der Waals surface area contributed by atoms with Gasteiger partial charge in [-0.25, -0.2) is 14.4 Å². The summed E-state index contributed by atoms with van der Waals surface area (Å²) in [6, 6.07) is 17.6. The van der Waals surface area contributed by atoms with Crippen molar-refractivity contribution in [2.75, 3.05) is 11.1 Å². The Labute approximate surface area is 172 Å². The van der Waals surface area contributed by atoms with Gasteiger partial charge in [0.25, 0.3) is 0 Å². The Hall–Kier alpha value is -3.38. The Morgan fingerprint density at radius 2 is 1.93 bits per heavy atom. The monoisotopic (exact) mass is 408 g/mol. The summed E-state index contributed by atoms with van der Waals surface area (Å²) in [6.45, 7) is 1.77. The molecule has 5 nitrogen and oxygen atoms in total. The van der Waals surface area contributed by atoms with Crippen molar-refractivity contribution in [3.05, 3.63) is 83.3 Å². The summed E-state index contributed by atoms with van der Waals surface area (Å²) in [7, 11) is 0. The fourth-order valence-corrected chi connectivity index (χ4v) is 3.25. The molecule has 4 rings (SSSR count). The van der Waals surface area contributed by atoms with Crippen LogP contribution in [0.3, 0.4) is 0 Å². The molecule has 0 aliphatic rings. The lowest BCUT2D eigenvalue weighted by atomic mass is 10.1. The number of rotatable bonds is 5. The minimum atomic E-state index is -0.517. The molecule has 0 bridgehead atoms. The molecule has 2 aromatic carbocycles. The Morgan fingerprint density at radius 1 is 1.10 bits per heavy atom. The topological polar surface area (TPSA) is 73.1 Å². The zero-order valence-corrected chi connectivity index (χ0v) is 16.3. The first-order chi connectivity index (χ1) is 14.0. The molecule has 146 valence electrons. The first-order valence-corrected chi connectivity index (χ1v) is 9.37. The summed E-state index contributed by atoms with van der Waals surface area (Å²) in [5.41, 5.74) is 8.04. The van der Waals surface area contributed by atoms with E-state index in [-0.39, 0.29) is 11.6 Å². The largest absolute Gasteiger partial charge is 0.482 e. The predicted octanol–water partition coefficient (Wildman–Crippen LogP) is 5.89. The average Bonchev–Trinajstić information content (AvgIpc) is 2.72. The van der Waals surface area contributed by atoms with Crippen molar-refractivity contribution >= 4 is 39.8 Å². The highest BCUT2D eigenvalue weighted by molar-refractivity contribution is 6.31. The lowest BCUT2D eigenvalue weighted by molar-refractivity contribution is 0.227. The maximum Gasteiger partial charge on any atom is 0.166 e. The molecule has 0 aliphatic heterocycles. The van der Waals surface area contributed by atoms with Gasteiger partial charge >= 0.3 is 0 Å². The van der Waals surface area contributed by atoms with Crippen molar-refractivity contribution in [2.45, 2.75) is 13.0 Å². The van der Waals surface area contributed by atoms with Gasteiger partial charge in [0.1, 0.15) is 17.7 Å². The van der Waals surface area contributed by atoms with Gasteiger partial charge in [-0.2, -0.15) is 0 Å². The molecule has 0 saturated carbocycles. The van der Waals surface area contributed by atoms with Crippen molar-refractivity contribution in [1.29, 1.82) is 0 Å². The summed E-state index contributed by atoms with van der Waals surface area (Å²) in [4.78, 5) is 8.76. The molecule has 1 unspecified atom stereocenters. The highest BCUT2D eigenvalue weighted by Crippen LogP contribution is 2.32. The number of hydrogen-bond donors (Lipinski definition) is 2. The van der Waals surface area contributed by atoms with Crippen molar-refractivity contribution in [3.8, 4) is 5.75 Å². The van der Waals surface area contributed by atoms with Crippen LogP contribution in [0.5, 0.6) is 5.75 Å². The zero-order valence-electron chi connectivity index (χ0n) is 15.6. The van der Waals surface area contributed by atoms with Crippen LogP contribution >= 0.6 is 11.6 Å². The number of nitrogens with one attached hydrogen (secondary N) is 1. The van der Waals surface area contributed by atoms with Crippen LogP contribution in [-0.4, -0.2) is 9.97 Å². The lowest BCUT2D eigenvalue weighted by Crippen LogP contribution is -2.07. The molecule has 0 amide bonds. The predicted molar refractivity (Wildman–Crippen MR) is 114 cm³/mol. The van der Waals surface area contributed by atoms with Crippen LogP contribution in [0, 0.1) is 5.82 Å². The number of aromatic nitrogens is 2. The standard InChI is InChI=1S/C22H18ClFN4O/c1-13(17-10-15(24)7-8-18(17)23)29-20-11-16(12-26-22(20)25)27-21-9-6-14-4-2-3-5-19(14)28-21/h2-13H,1H3,(H2,25,26)(H,27,28). The van der Waals surface area contributed by atoms with E-state index in [4.69, 9.17) is 22.1 Å². The number of halogens is 2. The molecule has 2 heterocycles. The molecule has 29 heavy (non-hydrogen) atoms. The van der Waals surface area contributed by atoms with Gasteiger partial charge in [0.15, 0.2) is 11.6 Å². The van der Waals surface area contributed by atoms with E-state index in [0.29, 0.717) is 27.8 Å². The van der Waals surface area contributed by atoms with Crippen molar-refractivity contribution < 1.29 is 9.13 Å². The Balaban J connectivity index is 1.57. The number of hydrogen-bond acceptors (Lipinski definition) is 5. The maximum absolute atomic E-state index is 13.6. The van der Waals surface area contributed by atoms with Crippen molar-refractivity contribution in [3.63, 3.8) is 0 Å². The zero-order chi connectivity index (χ0) is 20.4. The summed E-state index contributed by atoms with van der Waals surface area (Å²) in [5, 5.41) is 4.67. The number of nitrogens with two attached hydrogens (primary N) is 1. The first-order valence-electron chi connectivity index (χ1n) is 8.99. The Morgan fingerprint density at radius 3 is 2.79 bits per heavy atom. The molecule has 0 spiro atoms. The summed E-state index contributed by atoms with van der Waals surface area (Å²) < 4.78 is 19.5. The molecule has 7 heteroatoms. The van der Waals surface area contributed by atoms with Gasteiger partial charge in [0.2, 0.25) is 0 Å². The van der Waals surface area contributed by atoms with E-state index in [1.165, 1.54) is 18.2 Å². The number of ether oxygens (including phenoxy) is 1. The third kappa shape index (κ3) is 4.22. The molecule has 2 aromatic heterocycles. The third-order valence-corrected chi connectivity index (χ3v) is 4.80. The number of nitrogens with zero attached hydrogens (tertiary/aromatic N) is 2. The van der Waals surface area contributed by atoms with Gasteiger partial charge < -0.3 is 15.8 Å². The molecule has 0 fully saturated rings. The van der Waals surface area contributed by atoms with E-state index >= 15 is 0 Å². The van der Waals surface area contributed by atoms with Crippen LogP contribution in [0.4, 0.5) is 21.7 Å². The smallest absolute Gasteiger partial charge is 0.166 e. The van der Waals surface area contributed by atoms with Crippen LogP contribution < -0.4 is 15.8 Å². The fourth-order valence-electron chi connectivity index (χ4n) is 2.98. The van der Waals surface area contributed by atoms with Gasteiger partial charge in [-0.3, -0.25) is 0 Å².